The van der Waals surface area contributed by atoms with Crippen LogP contribution in [0.3, 0.4) is 0 Å². The van der Waals surface area contributed by atoms with E-state index in [-0.39, 0.29) is 6.54 Å². The number of anilines is 2. The Morgan fingerprint density at radius 1 is 1.06 bits per heavy atom. The first-order valence-corrected chi connectivity index (χ1v) is 12.3. The average molecular weight is 497 g/mol. The maximum atomic E-state index is 12.6. The van der Waals surface area contributed by atoms with Gasteiger partial charge in [0.1, 0.15) is 23.8 Å². The minimum Gasteiger partial charge on any atom is -0.398 e. The lowest BCUT2D eigenvalue weighted by Crippen LogP contribution is -2.39. The van der Waals surface area contributed by atoms with Gasteiger partial charge in [-0.2, -0.15) is 0 Å². The highest BCUT2D eigenvalue weighted by molar-refractivity contribution is 7.92. The van der Waals surface area contributed by atoms with E-state index < -0.39 is 34.6 Å². The molecule has 3 heterocycles. The lowest BCUT2D eigenvalue weighted by molar-refractivity contribution is -0.0329. The second-order valence-corrected chi connectivity index (χ2v) is 9.95. The van der Waals surface area contributed by atoms with Crippen LogP contribution < -0.4 is 16.2 Å². The van der Waals surface area contributed by atoms with Crippen LogP contribution in [0.15, 0.2) is 60.4 Å². The maximum Gasteiger partial charge on any atom is 0.233 e. The molecular weight excluding hydrogens is 472 g/mol. The molecule has 1 saturated heterocycles. The third-order valence-corrected chi connectivity index (χ3v) is 7.03. The smallest absolute Gasteiger partial charge is 0.233 e. The molecule has 4 aromatic rings. The molecule has 0 saturated carbocycles. The summed E-state index contributed by atoms with van der Waals surface area (Å²) >= 11 is 0. The molecule has 4 atom stereocenters. The van der Waals surface area contributed by atoms with Crippen LogP contribution >= 0.6 is 0 Å². The largest absolute Gasteiger partial charge is 0.398 e. The average Bonchev–Trinajstić information content (AvgIpc) is 3.38. The zero-order chi connectivity index (χ0) is 24.7. The molecule has 0 amide bonds. The van der Waals surface area contributed by atoms with Crippen molar-refractivity contribution in [2.24, 2.45) is 0 Å². The zero-order valence-corrected chi connectivity index (χ0v) is 19.2. The molecule has 0 unspecified atom stereocenters. The van der Waals surface area contributed by atoms with E-state index in [1.54, 1.807) is 18.2 Å². The molecule has 0 bridgehead atoms. The topological polar surface area (TPSA) is 179 Å². The Bertz CT molecular complexity index is 1540. The van der Waals surface area contributed by atoms with E-state index in [4.69, 9.17) is 16.2 Å². The lowest BCUT2D eigenvalue weighted by Gasteiger charge is -2.16. The highest BCUT2D eigenvalue weighted by atomic mass is 32.2. The molecule has 0 spiro atoms. The van der Waals surface area contributed by atoms with Crippen molar-refractivity contribution < 1.29 is 23.4 Å². The lowest BCUT2D eigenvalue weighted by atomic mass is 10.1. The van der Waals surface area contributed by atoms with Crippen molar-refractivity contribution in [2.45, 2.75) is 24.5 Å². The van der Waals surface area contributed by atoms with Crippen LogP contribution in [0.1, 0.15) is 11.8 Å². The highest BCUT2D eigenvalue weighted by Crippen LogP contribution is 2.32. The van der Waals surface area contributed by atoms with Crippen molar-refractivity contribution >= 4 is 49.4 Å². The van der Waals surface area contributed by atoms with Gasteiger partial charge in [0.25, 0.3) is 0 Å². The first-order chi connectivity index (χ1) is 16.7. The van der Waals surface area contributed by atoms with E-state index in [2.05, 4.69) is 14.7 Å². The standard InChI is InChI=1S/C23H24N6O5S/c24-16-5-7-26-22-19(16)27-12-29(22)23-21(31)20(30)18(34-23)11-28-35(32,33)8-6-15-9-13-3-1-2-4-14(13)10-17(15)25/h1-10,12,18,20-21,23,28,30-31H,11,25H2,(H2,24,26)/b8-6+/t18-,20-,21-,23-/m1/s1. The number of nitrogen functional groups attached to an aromatic ring is 2. The molecule has 2 aromatic carbocycles. The van der Waals surface area contributed by atoms with Gasteiger partial charge < -0.3 is 26.4 Å². The predicted octanol–water partition coefficient (Wildman–Crippen LogP) is 0.958. The van der Waals surface area contributed by atoms with E-state index in [1.165, 1.54) is 23.2 Å². The number of fused-ring (bicyclic) bond motifs is 2. The number of aliphatic hydroxyl groups is 2. The van der Waals surface area contributed by atoms with Crippen LogP contribution in [-0.4, -0.2) is 58.0 Å². The molecule has 5 rings (SSSR count). The van der Waals surface area contributed by atoms with Crippen molar-refractivity contribution in [1.29, 1.82) is 0 Å². The zero-order valence-electron chi connectivity index (χ0n) is 18.4. The summed E-state index contributed by atoms with van der Waals surface area (Å²) in [6.07, 6.45) is -0.416. The van der Waals surface area contributed by atoms with Gasteiger partial charge in [0.15, 0.2) is 11.9 Å². The summed E-state index contributed by atoms with van der Waals surface area (Å²) in [5.74, 6) is 0. The Kier molecular flexibility index (Phi) is 5.91. The van der Waals surface area contributed by atoms with Crippen LogP contribution in [0, 0.1) is 0 Å². The van der Waals surface area contributed by atoms with Gasteiger partial charge in [-0.05, 0) is 40.6 Å². The molecule has 11 nitrogen and oxygen atoms in total. The highest BCUT2D eigenvalue weighted by Gasteiger charge is 2.44. The molecule has 0 radical (unpaired) electrons. The van der Waals surface area contributed by atoms with Crippen LogP contribution in [0.2, 0.25) is 0 Å². The van der Waals surface area contributed by atoms with Gasteiger partial charge >= 0.3 is 0 Å². The fourth-order valence-electron chi connectivity index (χ4n) is 4.10. The molecular formula is C23H24N6O5S. The summed E-state index contributed by atoms with van der Waals surface area (Å²) < 4.78 is 34.7. The number of aliphatic hydroxyl groups excluding tert-OH is 2. The fraction of sp³-hybridized carbons (Fsp3) is 0.217. The number of hydrogen-bond donors (Lipinski definition) is 5. The Balaban J connectivity index is 1.29. The Labute approximate surface area is 200 Å². The van der Waals surface area contributed by atoms with Gasteiger partial charge in [0.2, 0.25) is 10.0 Å². The van der Waals surface area contributed by atoms with E-state index in [0.29, 0.717) is 28.1 Å². The third-order valence-electron chi connectivity index (χ3n) is 5.97. The van der Waals surface area contributed by atoms with E-state index in [0.717, 1.165) is 16.2 Å². The summed E-state index contributed by atoms with van der Waals surface area (Å²) in [4.78, 5) is 8.40. The van der Waals surface area contributed by atoms with E-state index in [9.17, 15) is 18.6 Å². The molecule has 7 N–H and O–H groups in total. The van der Waals surface area contributed by atoms with Gasteiger partial charge in [-0.3, -0.25) is 4.57 Å². The predicted molar refractivity (Wildman–Crippen MR) is 132 cm³/mol. The van der Waals surface area contributed by atoms with Crippen molar-refractivity contribution in [3.8, 4) is 0 Å². The number of sulfonamides is 1. The normalized spacial score (nSPS) is 23.0. The van der Waals surface area contributed by atoms with Crippen LogP contribution in [0.5, 0.6) is 0 Å². The van der Waals surface area contributed by atoms with Crippen molar-refractivity contribution in [1.82, 2.24) is 19.3 Å². The number of nitrogens with one attached hydrogen (secondary N) is 1. The Morgan fingerprint density at radius 2 is 1.80 bits per heavy atom. The first kappa shape index (κ1) is 23.2. The second kappa shape index (κ2) is 8.91. The van der Waals surface area contributed by atoms with Crippen LogP contribution in [0.4, 0.5) is 11.4 Å². The SMILES string of the molecule is Nc1cc2ccccc2cc1/C=C/S(=O)(=O)NC[C@H]1O[C@@H](n2cnc3c(N)ccnc32)[C@H](O)[C@@H]1O. The number of ether oxygens (including phenoxy) is 1. The first-order valence-electron chi connectivity index (χ1n) is 10.8. The third kappa shape index (κ3) is 4.45. The number of nitrogens with zero attached hydrogens (tertiary/aromatic N) is 3. The van der Waals surface area contributed by atoms with Gasteiger partial charge in [0, 0.05) is 23.8 Å². The summed E-state index contributed by atoms with van der Waals surface area (Å²) in [7, 11) is -3.90. The maximum absolute atomic E-state index is 12.6. The molecule has 1 aliphatic heterocycles. The number of benzene rings is 2. The minimum atomic E-state index is -3.90. The Morgan fingerprint density at radius 3 is 2.57 bits per heavy atom. The number of rotatable bonds is 6. The van der Waals surface area contributed by atoms with E-state index >= 15 is 0 Å². The number of hydrogen-bond acceptors (Lipinski definition) is 9. The number of nitrogens with two attached hydrogens (primary N) is 2. The van der Waals surface area contributed by atoms with Crippen molar-refractivity contribution in [3.63, 3.8) is 0 Å². The summed E-state index contributed by atoms with van der Waals surface area (Å²) in [5, 5.41) is 23.9. The summed E-state index contributed by atoms with van der Waals surface area (Å²) in [6.45, 7) is -0.267. The number of imidazole rings is 1. The molecule has 2 aromatic heterocycles. The van der Waals surface area contributed by atoms with Gasteiger partial charge in [-0.15, -0.1) is 0 Å². The molecule has 1 fully saturated rings. The molecule has 0 aliphatic carbocycles. The molecule has 35 heavy (non-hydrogen) atoms. The number of aromatic nitrogens is 3. The second-order valence-electron chi connectivity index (χ2n) is 8.30. The van der Waals surface area contributed by atoms with Crippen molar-refractivity contribution in [2.75, 3.05) is 18.0 Å². The fourth-order valence-corrected chi connectivity index (χ4v) is 4.91. The monoisotopic (exact) mass is 496 g/mol. The van der Waals surface area contributed by atoms with Crippen molar-refractivity contribution in [3.05, 3.63) is 66.0 Å². The molecule has 12 heteroatoms. The van der Waals surface area contributed by atoms with E-state index in [1.807, 2.05) is 24.3 Å². The summed E-state index contributed by atoms with van der Waals surface area (Å²) in [5.41, 5.74) is 14.2. The number of pyridine rings is 1. The van der Waals surface area contributed by atoms with Gasteiger partial charge in [-0.25, -0.2) is 23.1 Å². The summed E-state index contributed by atoms with van der Waals surface area (Å²) in [6, 6.07) is 12.8. The van der Waals surface area contributed by atoms with Gasteiger partial charge in [0.05, 0.1) is 12.0 Å². The van der Waals surface area contributed by atoms with Crippen LogP contribution in [0.25, 0.3) is 28.0 Å². The minimum absolute atomic E-state index is 0.267. The molecule has 182 valence electrons. The molecule has 1 aliphatic rings. The van der Waals surface area contributed by atoms with Gasteiger partial charge in [-0.1, -0.05) is 24.3 Å². The Hall–Kier alpha value is -3.55. The quantitative estimate of drug-likeness (QED) is 0.243. The van der Waals surface area contributed by atoms with Crippen LogP contribution in [-0.2, 0) is 14.8 Å².